The third-order valence-corrected chi connectivity index (χ3v) is 3.10. The van der Waals surface area contributed by atoms with E-state index in [-0.39, 0.29) is 6.54 Å². The van der Waals surface area contributed by atoms with Crippen LogP contribution >= 0.6 is 0 Å². The Hall–Kier alpha value is -1.59. The predicted molar refractivity (Wildman–Crippen MR) is 72.5 cm³/mol. The number of nitrogens with one attached hydrogen (secondary N) is 1. The first kappa shape index (κ1) is 17.5. The molecule has 0 atom stereocenters. The van der Waals surface area contributed by atoms with Crippen molar-refractivity contribution in [2.45, 2.75) is 45.2 Å². The second kappa shape index (κ2) is 8.00. The van der Waals surface area contributed by atoms with Gasteiger partial charge in [-0.1, -0.05) is 32.6 Å². The summed E-state index contributed by atoms with van der Waals surface area (Å²) in [6.45, 7) is 2.36. The largest absolute Gasteiger partial charge is 0.417 e. The van der Waals surface area contributed by atoms with Gasteiger partial charge in [-0.15, -0.1) is 0 Å². The van der Waals surface area contributed by atoms with Crippen LogP contribution in [0.1, 0.15) is 54.9 Å². The second-order valence-corrected chi connectivity index (χ2v) is 4.86. The zero-order valence-corrected chi connectivity index (χ0v) is 11.9. The zero-order chi connectivity index (χ0) is 15.9. The van der Waals surface area contributed by atoms with Crippen LogP contribution in [0.5, 0.6) is 0 Å². The third-order valence-electron chi connectivity index (χ3n) is 3.10. The van der Waals surface area contributed by atoms with Crippen molar-refractivity contribution in [1.82, 2.24) is 5.32 Å². The van der Waals surface area contributed by atoms with E-state index in [1.807, 2.05) is 0 Å². The topological polar surface area (TPSA) is 29.1 Å². The number of carbonyl (C=O) groups is 1. The summed E-state index contributed by atoms with van der Waals surface area (Å²) in [6.07, 6.45) is 0.133. The molecule has 21 heavy (non-hydrogen) atoms. The fourth-order valence-electron chi connectivity index (χ4n) is 1.98. The Kier molecular flexibility index (Phi) is 6.65. The van der Waals surface area contributed by atoms with Crippen LogP contribution in [0.25, 0.3) is 0 Å². The summed E-state index contributed by atoms with van der Waals surface area (Å²) in [6, 6.07) is 1.91. The van der Waals surface area contributed by atoms with E-state index in [1.54, 1.807) is 0 Å². The van der Waals surface area contributed by atoms with Crippen LogP contribution in [-0.4, -0.2) is 12.5 Å². The van der Waals surface area contributed by atoms with Gasteiger partial charge in [0.1, 0.15) is 5.82 Å². The van der Waals surface area contributed by atoms with Gasteiger partial charge in [-0.2, -0.15) is 13.2 Å². The zero-order valence-electron chi connectivity index (χ0n) is 11.9. The van der Waals surface area contributed by atoms with Gasteiger partial charge in [0.25, 0.3) is 5.91 Å². The van der Waals surface area contributed by atoms with E-state index in [4.69, 9.17) is 0 Å². The van der Waals surface area contributed by atoms with Crippen molar-refractivity contribution in [3.05, 3.63) is 35.1 Å². The van der Waals surface area contributed by atoms with E-state index in [1.165, 1.54) is 0 Å². The third kappa shape index (κ3) is 5.73. The van der Waals surface area contributed by atoms with Gasteiger partial charge in [-0.05, 0) is 24.6 Å². The molecule has 1 rings (SSSR count). The number of halogens is 4. The second-order valence-electron chi connectivity index (χ2n) is 4.86. The quantitative estimate of drug-likeness (QED) is 0.581. The molecule has 0 aliphatic heterocycles. The summed E-state index contributed by atoms with van der Waals surface area (Å²) in [4.78, 5) is 11.8. The van der Waals surface area contributed by atoms with Gasteiger partial charge in [0.2, 0.25) is 0 Å². The Morgan fingerprint density at radius 3 is 2.43 bits per heavy atom. The van der Waals surface area contributed by atoms with Gasteiger partial charge >= 0.3 is 6.18 Å². The average molecular weight is 305 g/mol. The van der Waals surface area contributed by atoms with Crippen molar-refractivity contribution in [3.8, 4) is 0 Å². The normalized spacial score (nSPS) is 11.5. The number of benzene rings is 1. The molecule has 0 bridgehead atoms. The van der Waals surface area contributed by atoms with Crippen molar-refractivity contribution >= 4 is 5.91 Å². The van der Waals surface area contributed by atoms with Crippen LogP contribution in [0.3, 0.4) is 0 Å². The SMILES string of the molecule is CCCCCCCNC(=O)c1cc(F)ccc1C(F)(F)F. The summed E-state index contributed by atoms with van der Waals surface area (Å²) in [5, 5.41) is 2.41. The van der Waals surface area contributed by atoms with Crippen LogP contribution < -0.4 is 5.32 Å². The Morgan fingerprint density at radius 2 is 1.81 bits per heavy atom. The first-order valence-electron chi connectivity index (χ1n) is 7.01. The predicted octanol–water partition coefficient (Wildman–Crippen LogP) is 4.54. The van der Waals surface area contributed by atoms with Crippen LogP contribution in [0.4, 0.5) is 17.6 Å². The van der Waals surface area contributed by atoms with Crippen LogP contribution in [0.15, 0.2) is 18.2 Å². The van der Waals surface area contributed by atoms with Gasteiger partial charge in [-0.3, -0.25) is 4.79 Å². The highest BCUT2D eigenvalue weighted by atomic mass is 19.4. The van der Waals surface area contributed by atoms with E-state index in [9.17, 15) is 22.4 Å². The molecule has 118 valence electrons. The number of rotatable bonds is 7. The molecule has 1 amide bonds. The number of hydrogen-bond acceptors (Lipinski definition) is 1. The summed E-state index contributed by atoms with van der Waals surface area (Å²) in [5.41, 5.74) is -1.79. The van der Waals surface area contributed by atoms with Gasteiger partial charge in [0, 0.05) is 6.54 Å². The van der Waals surface area contributed by atoms with Crippen LogP contribution in [0, 0.1) is 5.82 Å². The van der Waals surface area contributed by atoms with Crippen molar-refractivity contribution < 1.29 is 22.4 Å². The monoisotopic (exact) mass is 305 g/mol. The highest BCUT2D eigenvalue weighted by molar-refractivity contribution is 5.95. The van der Waals surface area contributed by atoms with Gasteiger partial charge in [0.05, 0.1) is 11.1 Å². The molecule has 0 heterocycles. The van der Waals surface area contributed by atoms with Gasteiger partial charge in [-0.25, -0.2) is 4.39 Å². The van der Waals surface area contributed by atoms with E-state index in [0.29, 0.717) is 24.6 Å². The van der Waals surface area contributed by atoms with E-state index < -0.39 is 29.0 Å². The molecule has 0 unspecified atom stereocenters. The van der Waals surface area contributed by atoms with Crippen molar-refractivity contribution in [2.24, 2.45) is 0 Å². The van der Waals surface area contributed by atoms with Gasteiger partial charge in [0.15, 0.2) is 0 Å². The smallest absolute Gasteiger partial charge is 0.352 e. The molecule has 0 radical (unpaired) electrons. The molecule has 0 spiro atoms. The summed E-state index contributed by atoms with van der Waals surface area (Å²) >= 11 is 0. The average Bonchev–Trinajstić information content (AvgIpc) is 2.41. The lowest BCUT2D eigenvalue weighted by Gasteiger charge is -2.13. The van der Waals surface area contributed by atoms with E-state index >= 15 is 0 Å². The fraction of sp³-hybridized carbons (Fsp3) is 0.533. The fourth-order valence-corrected chi connectivity index (χ4v) is 1.98. The highest BCUT2D eigenvalue weighted by Crippen LogP contribution is 2.32. The Bertz CT molecular complexity index is 471. The first-order chi connectivity index (χ1) is 9.86. The summed E-state index contributed by atoms with van der Waals surface area (Å²) < 4.78 is 51.4. The van der Waals surface area contributed by atoms with E-state index in [0.717, 1.165) is 25.7 Å². The number of amides is 1. The molecule has 6 heteroatoms. The molecule has 0 aromatic heterocycles. The van der Waals surface area contributed by atoms with Crippen LogP contribution in [0.2, 0.25) is 0 Å². The van der Waals surface area contributed by atoms with Crippen LogP contribution in [-0.2, 0) is 6.18 Å². The lowest BCUT2D eigenvalue weighted by Crippen LogP contribution is -2.27. The van der Waals surface area contributed by atoms with Gasteiger partial charge < -0.3 is 5.32 Å². The minimum Gasteiger partial charge on any atom is -0.352 e. The van der Waals surface area contributed by atoms with Crippen molar-refractivity contribution in [3.63, 3.8) is 0 Å². The Labute approximate surface area is 121 Å². The minimum absolute atomic E-state index is 0.288. The Balaban J connectivity index is 2.63. The maximum Gasteiger partial charge on any atom is 0.417 e. The lowest BCUT2D eigenvalue weighted by atomic mass is 10.1. The molecule has 1 aromatic rings. The molecule has 0 saturated carbocycles. The summed E-state index contributed by atoms with van der Waals surface area (Å²) in [7, 11) is 0. The molecular weight excluding hydrogens is 286 g/mol. The van der Waals surface area contributed by atoms with Crippen molar-refractivity contribution in [2.75, 3.05) is 6.54 Å². The minimum atomic E-state index is -4.68. The van der Waals surface area contributed by atoms with Crippen molar-refractivity contribution in [1.29, 1.82) is 0 Å². The standard InChI is InChI=1S/C15H19F4NO/c1-2-3-4-5-6-9-20-14(21)12-10-11(16)7-8-13(12)15(17,18)19/h7-8,10H,2-6,9H2,1H3,(H,20,21). The first-order valence-corrected chi connectivity index (χ1v) is 7.01. The lowest BCUT2D eigenvalue weighted by molar-refractivity contribution is -0.138. The number of hydrogen-bond donors (Lipinski definition) is 1. The molecule has 0 saturated heterocycles. The number of carbonyl (C=O) groups excluding carboxylic acids is 1. The highest BCUT2D eigenvalue weighted by Gasteiger charge is 2.35. The molecule has 0 aliphatic carbocycles. The van der Waals surface area contributed by atoms with E-state index in [2.05, 4.69) is 12.2 Å². The molecule has 0 fully saturated rings. The molecule has 1 N–H and O–H groups in total. The molecular formula is C15H19F4NO. The summed E-state index contributed by atoms with van der Waals surface area (Å²) in [5.74, 6) is -1.76. The maximum atomic E-state index is 13.1. The number of alkyl halides is 3. The molecule has 2 nitrogen and oxygen atoms in total. The Morgan fingerprint density at radius 1 is 1.14 bits per heavy atom. The molecule has 1 aromatic carbocycles. The number of unbranched alkanes of at least 4 members (excludes halogenated alkanes) is 4. The molecule has 0 aliphatic rings. The maximum absolute atomic E-state index is 13.1.